The molecule has 2 rings (SSSR count). The third-order valence-corrected chi connectivity index (χ3v) is 3.24. The summed E-state index contributed by atoms with van der Waals surface area (Å²) >= 11 is 0. The highest BCUT2D eigenvalue weighted by Crippen LogP contribution is 2.42. The van der Waals surface area contributed by atoms with Crippen LogP contribution in [-0.2, 0) is 4.79 Å². The normalized spacial score (nSPS) is 36.2. The molecule has 0 aliphatic carbocycles. The van der Waals surface area contributed by atoms with E-state index >= 15 is 0 Å². The van der Waals surface area contributed by atoms with Crippen LogP contribution >= 0.6 is 0 Å². The number of nitrogens with two attached hydrogens (primary N) is 1. The van der Waals surface area contributed by atoms with E-state index in [9.17, 15) is 4.79 Å². The fourth-order valence-electron chi connectivity index (χ4n) is 2.75. The molecular weight excluding hydrogens is 166 g/mol. The topological polar surface area (TPSA) is 70.1 Å². The molecule has 4 heteroatoms. The molecule has 0 unspecified atom stereocenters. The lowest BCUT2D eigenvalue weighted by Gasteiger charge is -2.18. The van der Waals surface area contributed by atoms with Crippen molar-refractivity contribution < 1.29 is 4.79 Å². The molecule has 0 spiro atoms. The van der Waals surface area contributed by atoms with Crippen molar-refractivity contribution in [1.29, 1.82) is 5.26 Å². The number of carbonyl (C=O) groups excluding carboxylic acids is 1. The van der Waals surface area contributed by atoms with Gasteiger partial charge in [0.2, 0.25) is 5.91 Å². The van der Waals surface area contributed by atoms with Crippen LogP contribution in [0.25, 0.3) is 0 Å². The van der Waals surface area contributed by atoms with Gasteiger partial charge in [-0.25, -0.2) is 0 Å². The summed E-state index contributed by atoms with van der Waals surface area (Å²) in [4.78, 5) is 12.6. The van der Waals surface area contributed by atoms with E-state index in [2.05, 4.69) is 6.19 Å². The number of nitriles is 1. The average molecular weight is 179 g/mol. The Morgan fingerprint density at radius 3 is 2.92 bits per heavy atom. The molecule has 0 saturated carbocycles. The largest absolute Gasteiger partial charge is 0.370 e. The van der Waals surface area contributed by atoms with Gasteiger partial charge in [-0.2, -0.15) is 5.26 Å². The molecule has 0 aromatic heterocycles. The maximum Gasteiger partial charge on any atom is 0.217 e. The summed E-state index contributed by atoms with van der Waals surface area (Å²) in [6.07, 6.45) is 5.78. The van der Waals surface area contributed by atoms with Crippen molar-refractivity contribution in [3.8, 4) is 6.19 Å². The summed E-state index contributed by atoms with van der Waals surface area (Å²) in [6, 6.07) is 0.682. The Kier molecular flexibility index (Phi) is 1.87. The van der Waals surface area contributed by atoms with E-state index in [1.807, 2.05) is 4.90 Å². The zero-order chi connectivity index (χ0) is 9.42. The third kappa shape index (κ3) is 1.24. The van der Waals surface area contributed by atoms with E-state index in [1.165, 1.54) is 0 Å². The number of nitrogens with zero attached hydrogens (tertiary/aromatic N) is 2. The molecule has 2 aliphatic heterocycles. The first-order valence-electron chi connectivity index (χ1n) is 4.68. The van der Waals surface area contributed by atoms with E-state index in [4.69, 9.17) is 11.0 Å². The smallest absolute Gasteiger partial charge is 0.217 e. The Morgan fingerprint density at radius 1 is 1.62 bits per heavy atom. The van der Waals surface area contributed by atoms with E-state index in [1.54, 1.807) is 0 Å². The molecule has 2 fully saturated rings. The summed E-state index contributed by atoms with van der Waals surface area (Å²) in [5.41, 5.74) is 5.15. The zero-order valence-corrected chi connectivity index (χ0v) is 7.44. The number of amides is 1. The standard InChI is InChI=1S/C9H13N3O/c10-5-12-7-1-2-8(12)6(3-7)4-9(11)13/h6-8H,1-4H2,(H2,11,13)/t6-,7+,8-/m1/s1. The van der Waals surface area contributed by atoms with Crippen LogP contribution in [0.1, 0.15) is 25.7 Å². The molecule has 0 radical (unpaired) electrons. The van der Waals surface area contributed by atoms with Gasteiger partial charge in [-0.3, -0.25) is 4.79 Å². The molecule has 3 atom stereocenters. The summed E-state index contributed by atoms with van der Waals surface area (Å²) in [6.45, 7) is 0. The molecule has 2 bridgehead atoms. The SMILES string of the molecule is N#CN1[C@H]2CC[C@@H]1[C@@H](CC(N)=O)C2. The van der Waals surface area contributed by atoms with Gasteiger partial charge < -0.3 is 10.6 Å². The van der Waals surface area contributed by atoms with Gasteiger partial charge in [0, 0.05) is 18.5 Å². The molecule has 70 valence electrons. The predicted octanol–water partition coefficient (Wildman–Crippen LogP) is 0.196. The second-order valence-corrected chi connectivity index (χ2v) is 3.97. The summed E-state index contributed by atoms with van der Waals surface area (Å²) in [5.74, 6) is 0.0892. The maximum atomic E-state index is 10.7. The molecule has 2 N–H and O–H groups in total. The number of hydrogen-bond donors (Lipinski definition) is 1. The Labute approximate surface area is 77.3 Å². The second kappa shape index (κ2) is 2.91. The molecule has 1 amide bonds. The zero-order valence-electron chi connectivity index (χ0n) is 7.44. The first-order valence-corrected chi connectivity index (χ1v) is 4.68. The van der Waals surface area contributed by atoms with Crippen LogP contribution in [0.4, 0.5) is 0 Å². The molecule has 2 saturated heterocycles. The highest BCUT2D eigenvalue weighted by Gasteiger charge is 2.46. The lowest BCUT2D eigenvalue weighted by atomic mass is 9.87. The number of fused-ring (bicyclic) bond motifs is 2. The molecule has 2 aliphatic rings. The van der Waals surface area contributed by atoms with Crippen LogP contribution < -0.4 is 5.73 Å². The van der Waals surface area contributed by atoms with Gasteiger partial charge in [0.25, 0.3) is 0 Å². The van der Waals surface area contributed by atoms with Crippen LogP contribution in [0.3, 0.4) is 0 Å². The Morgan fingerprint density at radius 2 is 2.38 bits per heavy atom. The molecule has 2 heterocycles. The van der Waals surface area contributed by atoms with E-state index in [0.717, 1.165) is 19.3 Å². The summed E-state index contributed by atoms with van der Waals surface area (Å²) < 4.78 is 0. The fraction of sp³-hybridized carbons (Fsp3) is 0.778. The number of primary amides is 1. The van der Waals surface area contributed by atoms with Crippen LogP contribution in [-0.4, -0.2) is 22.9 Å². The van der Waals surface area contributed by atoms with Crippen molar-refractivity contribution in [2.75, 3.05) is 0 Å². The van der Waals surface area contributed by atoms with Crippen LogP contribution in [0.2, 0.25) is 0 Å². The van der Waals surface area contributed by atoms with Crippen molar-refractivity contribution in [2.45, 2.75) is 37.8 Å². The number of rotatable bonds is 2. The monoisotopic (exact) mass is 179 g/mol. The van der Waals surface area contributed by atoms with Crippen molar-refractivity contribution in [3.05, 3.63) is 0 Å². The van der Waals surface area contributed by atoms with Gasteiger partial charge in [0.1, 0.15) is 0 Å². The highest BCUT2D eigenvalue weighted by molar-refractivity contribution is 5.74. The van der Waals surface area contributed by atoms with Crippen molar-refractivity contribution in [2.24, 2.45) is 11.7 Å². The van der Waals surface area contributed by atoms with Crippen molar-refractivity contribution in [3.63, 3.8) is 0 Å². The summed E-state index contributed by atoms with van der Waals surface area (Å²) in [5, 5.41) is 8.86. The molecule has 0 aromatic carbocycles. The Balaban J connectivity index is 2.05. The second-order valence-electron chi connectivity index (χ2n) is 3.97. The molecule has 13 heavy (non-hydrogen) atoms. The molecule has 0 aromatic rings. The summed E-state index contributed by atoms with van der Waals surface area (Å²) in [7, 11) is 0. The maximum absolute atomic E-state index is 10.7. The third-order valence-electron chi connectivity index (χ3n) is 3.24. The lowest BCUT2D eigenvalue weighted by Crippen LogP contribution is -2.28. The minimum atomic E-state index is -0.240. The van der Waals surface area contributed by atoms with Crippen LogP contribution in [0, 0.1) is 17.4 Å². The van der Waals surface area contributed by atoms with Gasteiger partial charge in [-0.1, -0.05) is 0 Å². The van der Waals surface area contributed by atoms with Gasteiger partial charge >= 0.3 is 0 Å². The Hall–Kier alpha value is -1.24. The fourth-order valence-corrected chi connectivity index (χ4v) is 2.75. The quantitative estimate of drug-likeness (QED) is 0.615. The van der Waals surface area contributed by atoms with Crippen molar-refractivity contribution >= 4 is 5.91 Å². The lowest BCUT2D eigenvalue weighted by molar-refractivity contribution is -0.119. The van der Waals surface area contributed by atoms with E-state index in [-0.39, 0.29) is 5.91 Å². The van der Waals surface area contributed by atoms with Crippen molar-refractivity contribution in [1.82, 2.24) is 4.90 Å². The Bertz CT molecular complexity index is 271. The van der Waals surface area contributed by atoms with Gasteiger partial charge in [0.15, 0.2) is 6.19 Å². The number of carbonyl (C=O) groups is 1. The van der Waals surface area contributed by atoms with Crippen LogP contribution in [0.15, 0.2) is 0 Å². The van der Waals surface area contributed by atoms with E-state index in [0.29, 0.717) is 24.4 Å². The highest BCUT2D eigenvalue weighted by atomic mass is 16.1. The van der Waals surface area contributed by atoms with Gasteiger partial charge in [-0.05, 0) is 25.2 Å². The van der Waals surface area contributed by atoms with Gasteiger partial charge in [0.05, 0.1) is 0 Å². The predicted molar refractivity (Wildman–Crippen MR) is 46.2 cm³/mol. The number of hydrogen-bond acceptors (Lipinski definition) is 3. The molecular formula is C9H13N3O. The van der Waals surface area contributed by atoms with Crippen LogP contribution in [0.5, 0.6) is 0 Å². The van der Waals surface area contributed by atoms with Gasteiger partial charge in [-0.15, -0.1) is 0 Å². The minimum absolute atomic E-state index is 0.240. The average Bonchev–Trinajstić information content (AvgIpc) is 2.58. The first-order chi connectivity index (χ1) is 6.22. The first kappa shape index (κ1) is 8.36. The molecule has 4 nitrogen and oxygen atoms in total. The minimum Gasteiger partial charge on any atom is -0.370 e. The van der Waals surface area contributed by atoms with E-state index < -0.39 is 0 Å².